The zero-order valence-electron chi connectivity index (χ0n) is 12.2. The van der Waals surface area contributed by atoms with Gasteiger partial charge < -0.3 is 24.4 Å². The highest BCUT2D eigenvalue weighted by atomic mass is 16.6. The molecule has 0 bridgehead atoms. The number of ether oxygens (including phenoxy) is 3. The molecule has 2 N–H and O–H groups in total. The summed E-state index contributed by atoms with van der Waals surface area (Å²) >= 11 is 0. The zero-order valence-corrected chi connectivity index (χ0v) is 12.2. The molecule has 5 nitrogen and oxygen atoms in total. The second-order valence-electron chi connectivity index (χ2n) is 4.62. The standard InChI is InChI=1S/C16H24O5/c1-2-8-19-12-16(13-20-11-15(18)9-17)21-10-14-6-4-3-5-7-14/h2-7,15-18H,1,8-13H2. The van der Waals surface area contributed by atoms with E-state index in [2.05, 4.69) is 6.58 Å². The van der Waals surface area contributed by atoms with Gasteiger partial charge in [-0.05, 0) is 5.56 Å². The number of rotatable bonds is 12. The quantitative estimate of drug-likeness (QED) is 0.447. The van der Waals surface area contributed by atoms with Crippen molar-refractivity contribution in [2.45, 2.75) is 18.8 Å². The highest BCUT2D eigenvalue weighted by Crippen LogP contribution is 2.05. The first-order chi connectivity index (χ1) is 10.3. The minimum absolute atomic E-state index is 0.0726. The normalized spacial score (nSPS) is 13.8. The number of aliphatic hydroxyl groups excluding tert-OH is 2. The Bertz CT molecular complexity index is 368. The van der Waals surface area contributed by atoms with Gasteiger partial charge in [-0.25, -0.2) is 0 Å². The number of benzene rings is 1. The molecule has 0 aliphatic heterocycles. The van der Waals surface area contributed by atoms with Crippen molar-refractivity contribution in [3.05, 3.63) is 48.6 Å². The molecule has 5 heteroatoms. The Hall–Kier alpha value is -1.24. The fourth-order valence-electron chi connectivity index (χ4n) is 1.60. The van der Waals surface area contributed by atoms with Crippen LogP contribution < -0.4 is 0 Å². The van der Waals surface area contributed by atoms with Crippen LogP contribution in [0.2, 0.25) is 0 Å². The third kappa shape index (κ3) is 8.60. The Morgan fingerprint density at radius 3 is 2.48 bits per heavy atom. The predicted molar refractivity (Wildman–Crippen MR) is 79.9 cm³/mol. The highest BCUT2D eigenvalue weighted by molar-refractivity contribution is 5.13. The Morgan fingerprint density at radius 2 is 1.81 bits per heavy atom. The monoisotopic (exact) mass is 296 g/mol. The van der Waals surface area contributed by atoms with Crippen molar-refractivity contribution in [1.82, 2.24) is 0 Å². The molecule has 0 amide bonds. The molecule has 0 aromatic heterocycles. The maximum Gasteiger partial charge on any atom is 0.105 e. The van der Waals surface area contributed by atoms with Crippen LogP contribution in [0.25, 0.3) is 0 Å². The van der Waals surface area contributed by atoms with Crippen molar-refractivity contribution < 1.29 is 24.4 Å². The van der Waals surface area contributed by atoms with E-state index in [0.29, 0.717) is 26.4 Å². The van der Waals surface area contributed by atoms with Gasteiger partial charge in [-0.3, -0.25) is 0 Å². The van der Waals surface area contributed by atoms with Gasteiger partial charge in [-0.2, -0.15) is 0 Å². The van der Waals surface area contributed by atoms with Crippen LogP contribution in [0.1, 0.15) is 5.56 Å². The third-order valence-electron chi connectivity index (χ3n) is 2.69. The number of aliphatic hydroxyl groups is 2. The van der Waals surface area contributed by atoms with Crippen LogP contribution >= 0.6 is 0 Å². The van der Waals surface area contributed by atoms with E-state index in [1.165, 1.54) is 0 Å². The van der Waals surface area contributed by atoms with Crippen LogP contribution in [0.3, 0.4) is 0 Å². The minimum Gasteiger partial charge on any atom is -0.394 e. The van der Waals surface area contributed by atoms with E-state index in [0.717, 1.165) is 5.56 Å². The van der Waals surface area contributed by atoms with E-state index in [1.807, 2.05) is 30.3 Å². The van der Waals surface area contributed by atoms with Gasteiger partial charge in [0.1, 0.15) is 12.2 Å². The summed E-state index contributed by atoms with van der Waals surface area (Å²) in [7, 11) is 0. The molecule has 0 spiro atoms. The molecule has 0 radical (unpaired) electrons. The summed E-state index contributed by atoms with van der Waals surface area (Å²) in [6.07, 6.45) is 0.565. The van der Waals surface area contributed by atoms with Crippen LogP contribution in [-0.2, 0) is 20.8 Å². The average molecular weight is 296 g/mol. The fraction of sp³-hybridized carbons (Fsp3) is 0.500. The first-order valence-corrected chi connectivity index (χ1v) is 6.97. The lowest BCUT2D eigenvalue weighted by atomic mass is 10.2. The van der Waals surface area contributed by atoms with Gasteiger partial charge >= 0.3 is 0 Å². The fourth-order valence-corrected chi connectivity index (χ4v) is 1.60. The van der Waals surface area contributed by atoms with Crippen LogP contribution in [0, 0.1) is 0 Å². The van der Waals surface area contributed by atoms with Crippen molar-refractivity contribution in [1.29, 1.82) is 0 Å². The van der Waals surface area contributed by atoms with Gasteiger partial charge in [0.05, 0.1) is 39.6 Å². The van der Waals surface area contributed by atoms with E-state index in [-0.39, 0.29) is 19.3 Å². The average Bonchev–Trinajstić information content (AvgIpc) is 2.53. The predicted octanol–water partition coefficient (Wildman–Crippen LogP) is 1.14. The van der Waals surface area contributed by atoms with Gasteiger partial charge in [-0.15, -0.1) is 6.58 Å². The Balaban J connectivity index is 2.34. The molecular weight excluding hydrogens is 272 g/mol. The molecule has 1 aromatic carbocycles. The second kappa shape index (κ2) is 11.4. The summed E-state index contributed by atoms with van der Waals surface area (Å²) in [6.45, 7) is 4.94. The molecule has 2 unspecified atom stereocenters. The largest absolute Gasteiger partial charge is 0.394 e. The van der Waals surface area contributed by atoms with Crippen molar-refractivity contribution in [2.24, 2.45) is 0 Å². The van der Waals surface area contributed by atoms with E-state index in [1.54, 1.807) is 6.08 Å². The first kappa shape index (κ1) is 17.8. The number of hydrogen-bond acceptors (Lipinski definition) is 5. The van der Waals surface area contributed by atoms with E-state index < -0.39 is 6.10 Å². The van der Waals surface area contributed by atoms with Crippen LogP contribution in [0.15, 0.2) is 43.0 Å². The molecule has 1 aromatic rings. The van der Waals surface area contributed by atoms with Gasteiger partial charge in [0.2, 0.25) is 0 Å². The molecular formula is C16H24O5. The lowest BCUT2D eigenvalue weighted by Crippen LogP contribution is -2.29. The van der Waals surface area contributed by atoms with Crippen LogP contribution in [0.5, 0.6) is 0 Å². The Kier molecular flexibility index (Phi) is 9.69. The van der Waals surface area contributed by atoms with Crippen LogP contribution in [0.4, 0.5) is 0 Å². The molecule has 0 saturated carbocycles. The summed E-state index contributed by atoms with van der Waals surface area (Å²) in [5, 5.41) is 18.0. The summed E-state index contributed by atoms with van der Waals surface area (Å²) in [5.41, 5.74) is 1.07. The topological polar surface area (TPSA) is 68.2 Å². The lowest BCUT2D eigenvalue weighted by Gasteiger charge is -2.19. The summed E-state index contributed by atoms with van der Waals surface area (Å²) in [6, 6.07) is 9.83. The lowest BCUT2D eigenvalue weighted by molar-refractivity contribution is -0.0789. The molecule has 0 aliphatic rings. The SMILES string of the molecule is C=CCOCC(COCC(O)CO)OCc1ccccc1. The van der Waals surface area contributed by atoms with Crippen molar-refractivity contribution >= 4 is 0 Å². The Morgan fingerprint density at radius 1 is 1.10 bits per heavy atom. The summed E-state index contributed by atoms with van der Waals surface area (Å²) < 4.78 is 16.5. The molecule has 0 saturated heterocycles. The van der Waals surface area contributed by atoms with Crippen molar-refractivity contribution in [3.63, 3.8) is 0 Å². The molecule has 0 aliphatic carbocycles. The van der Waals surface area contributed by atoms with Crippen molar-refractivity contribution in [3.8, 4) is 0 Å². The van der Waals surface area contributed by atoms with Crippen molar-refractivity contribution in [2.75, 3.05) is 33.0 Å². The highest BCUT2D eigenvalue weighted by Gasteiger charge is 2.11. The molecule has 118 valence electrons. The van der Waals surface area contributed by atoms with E-state index in [9.17, 15) is 5.11 Å². The smallest absolute Gasteiger partial charge is 0.105 e. The van der Waals surface area contributed by atoms with Gasteiger partial charge in [0.15, 0.2) is 0 Å². The maximum atomic E-state index is 9.23. The molecule has 21 heavy (non-hydrogen) atoms. The van der Waals surface area contributed by atoms with Crippen LogP contribution in [-0.4, -0.2) is 55.5 Å². The third-order valence-corrected chi connectivity index (χ3v) is 2.69. The zero-order chi connectivity index (χ0) is 15.3. The molecule has 1 rings (SSSR count). The summed E-state index contributed by atoms with van der Waals surface area (Å²) in [5.74, 6) is 0. The van der Waals surface area contributed by atoms with E-state index >= 15 is 0 Å². The maximum absolute atomic E-state index is 9.23. The second-order valence-corrected chi connectivity index (χ2v) is 4.62. The first-order valence-electron chi connectivity index (χ1n) is 6.97. The summed E-state index contributed by atoms with van der Waals surface area (Å²) in [4.78, 5) is 0. The number of hydrogen-bond donors (Lipinski definition) is 2. The van der Waals surface area contributed by atoms with Gasteiger partial charge in [0.25, 0.3) is 0 Å². The molecule has 0 fully saturated rings. The van der Waals surface area contributed by atoms with Gasteiger partial charge in [-0.1, -0.05) is 36.4 Å². The van der Waals surface area contributed by atoms with E-state index in [4.69, 9.17) is 19.3 Å². The Labute approximate surface area is 125 Å². The molecule has 2 atom stereocenters. The van der Waals surface area contributed by atoms with Gasteiger partial charge in [0, 0.05) is 0 Å². The molecule has 0 heterocycles. The minimum atomic E-state index is -0.867.